The fourth-order valence-electron chi connectivity index (χ4n) is 8.11. The van der Waals surface area contributed by atoms with Crippen molar-refractivity contribution < 1.29 is 9.84 Å². The Morgan fingerprint density at radius 2 is 1.88 bits per heavy atom. The maximum Gasteiger partial charge on any atom is 0.0622 e. The summed E-state index contributed by atoms with van der Waals surface area (Å²) in [5, 5.41) is 10.7. The van der Waals surface area contributed by atoms with Crippen molar-refractivity contribution in [2.45, 2.75) is 84.2 Å². The van der Waals surface area contributed by atoms with Crippen molar-refractivity contribution in [1.29, 1.82) is 0 Å². The molecule has 0 amide bonds. The molecule has 0 heterocycles. The van der Waals surface area contributed by atoms with Crippen molar-refractivity contribution >= 4 is 0 Å². The zero-order valence-corrected chi connectivity index (χ0v) is 16.8. The van der Waals surface area contributed by atoms with E-state index in [1.807, 2.05) is 7.11 Å². The van der Waals surface area contributed by atoms with E-state index in [1.54, 1.807) is 5.57 Å². The lowest BCUT2D eigenvalue weighted by Crippen LogP contribution is -2.58. The molecule has 0 aromatic heterocycles. The highest BCUT2D eigenvalue weighted by Gasteiger charge is 2.61. The lowest BCUT2D eigenvalue weighted by atomic mass is 9.44. The topological polar surface area (TPSA) is 29.5 Å². The average Bonchev–Trinajstić information content (AvgIpc) is 2.91. The molecule has 4 fully saturated rings. The van der Waals surface area contributed by atoms with Crippen LogP contribution in [0.2, 0.25) is 0 Å². The molecule has 4 saturated carbocycles. The predicted molar refractivity (Wildman–Crippen MR) is 102 cm³/mol. The van der Waals surface area contributed by atoms with Crippen molar-refractivity contribution in [3.63, 3.8) is 0 Å². The minimum Gasteiger partial charge on any atom is -0.390 e. The fraction of sp³-hybridized carbons (Fsp3) is 0.913. The van der Waals surface area contributed by atoms with Gasteiger partial charge in [0, 0.05) is 7.11 Å². The molecule has 0 aliphatic heterocycles. The van der Waals surface area contributed by atoms with Crippen LogP contribution in [0.3, 0.4) is 0 Å². The van der Waals surface area contributed by atoms with Crippen molar-refractivity contribution in [2.75, 3.05) is 13.7 Å². The molecule has 2 nitrogen and oxygen atoms in total. The van der Waals surface area contributed by atoms with Crippen LogP contribution in [0.5, 0.6) is 0 Å². The molecule has 1 N–H and O–H groups in total. The SMILES string of the molecule is CC=C1CC[C@H]2[C@@H]3CC[C@H]4C[C@](C)(O)CC[C@]4(COC)[C@H]3CC[C@]12C. The van der Waals surface area contributed by atoms with Gasteiger partial charge in [0.1, 0.15) is 0 Å². The third-order valence-corrected chi connectivity index (χ3v) is 9.26. The standard InChI is InChI=1S/C23H38O2/c1-5-16-7-9-19-18-8-6-17-14-21(2,24)12-13-23(17,15-25-4)20(18)10-11-22(16,19)3/h5,17-20,24H,6-15H2,1-4H3/t17-,18-,19-,20-,21+,22+,23+/m0/s1. The summed E-state index contributed by atoms with van der Waals surface area (Å²) in [5.41, 5.74) is 2.09. The summed E-state index contributed by atoms with van der Waals surface area (Å²) in [6.45, 7) is 7.79. The number of hydrogen-bond acceptors (Lipinski definition) is 2. The van der Waals surface area contributed by atoms with Crippen molar-refractivity contribution in [3.05, 3.63) is 11.6 Å². The number of fused-ring (bicyclic) bond motifs is 5. The second-order valence-corrected chi connectivity index (χ2v) is 10.3. The highest BCUT2D eigenvalue weighted by molar-refractivity contribution is 5.24. The van der Waals surface area contributed by atoms with E-state index in [-0.39, 0.29) is 0 Å². The van der Waals surface area contributed by atoms with E-state index in [0.29, 0.717) is 16.7 Å². The van der Waals surface area contributed by atoms with Crippen LogP contribution in [-0.4, -0.2) is 24.4 Å². The Hall–Kier alpha value is -0.340. The van der Waals surface area contributed by atoms with E-state index < -0.39 is 5.60 Å². The summed E-state index contributed by atoms with van der Waals surface area (Å²) in [6.07, 6.45) is 13.7. The van der Waals surface area contributed by atoms with Crippen LogP contribution >= 0.6 is 0 Å². The quantitative estimate of drug-likeness (QED) is 0.683. The maximum atomic E-state index is 10.7. The van der Waals surface area contributed by atoms with Gasteiger partial charge in [-0.2, -0.15) is 0 Å². The van der Waals surface area contributed by atoms with E-state index in [1.165, 1.54) is 44.9 Å². The maximum absolute atomic E-state index is 10.7. The molecule has 7 atom stereocenters. The second-order valence-electron chi connectivity index (χ2n) is 10.3. The Morgan fingerprint density at radius 1 is 1.08 bits per heavy atom. The number of ether oxygens (including phenoxy) is 1. The summed E-state index contributed by atoms with van der Waals surface area (Å²) in [4.78, 5) is 0. The first-order valence-electron chi connectivity index (χ1n) is 10.7. The zero-order chi connectivity index (χ0) is 17.9. The lowest BCUT2D eigenvalue weighted by Gasteiger charge is -2.62. The minimum absolute atomic E-state index is 0.333. The first-order valence-corrected chi connectivity index (χ1v) is 10.7. The molecule has 4 aliphatic carbocycles. The largest absolute Gasteiger partial charge is 0.390 e. The number of methoxy groups -OCH3 is 1. The van der Waals surface area contributed by atoms with Crippen LogP contribution in [0.15, 0.2) is 11.6 Å². The van der Waals surface area contributed by atoms with E-state index in [2.05, 4.69) is 26.8 Å². The van der Waals surface area contributed by atoms with Gasteiger partial charge in [-0.05, 0) is 106 Å². The Labute approximate surface area is 154 Å². The molecule has 0 bridgehead atoms. The van der Waals surface area contributed by atoms with E-state index in [4.69, 9.17) is 4.74 Å². The fourth-order valence-corrected chi connectivity index (χ4v) is 8.11. The molecular formula is C23H38O2. The van der Waals surface area contributed by atoms with Crippen LogP contribution in [-0.2, 0) is 4.74 Å². The van der Waals surface area contributed by atoms with Gasteiger partial charge < -0.3 is 9.84 Å². The average molecular weight is 347 g/mol. The molecule has 4 aliphatic rings. The molecule has 142 valence electrons. The summed E-state index contributed by atoms with van der Waals surface area (Å²) in [6, 6.07) is 0. The van der Waals surface area contributed by atoms with Gasteiger partial charge >= 0.3 is 0 Å². The molecule has 0 aromatic rings. The molecule has 0 spiro atoms. The zero-order valence-electron chi connectivity index (χ0n) is 16.8. The van der Waals surface area contributed by atoms with Crippen LogP contribution < -0.4 is 0 Å². The van der Waals surface area contributed by atoms with E-state index in [9.17, 15) is 5.11 Å². The predicted octanol–water partition coefficient (Wildman–Crippen LogP) is 5.35. The monoisotopic (exact) mass is 346 g/mol. The number of hydrogen-bond donors (Lipinski definition) is 1. The van der Waals surface area contributed by atoms with Gasteiger partial charge in [-0.25, -0.2) is 0 Å². The molecule has 0 aromatic carbocycles. The smallest absolute Gasteiger partial charge is 0.0622 e. The lowest BCUT2D eigenvalue weighted by molar-refractivity contribution is -0.169. The van der Waals surface area contributed by atoms with Crippen molar-refractivity contribution in [3.8, 4) is 0 Å². The van der Waals surface area contributed by atoms with E-state index in [0.717, 1.165) is 37.2 Å². The minimum atomic E-state index is -0.455. The molecule has 0 unspecified atom stereocenters. The summed E-state index contributed by atoms with van der Waals surface area (Å²) < 4.78 is 5.84. The molecule has 25 heavy (non-hydrogen) atoms. The highest BCUT2D eigenvalue weighted by Crippen LogP contribution is 2.68. The van der Waals surface area contributed by atoms with Crippen LogP contribution in [0.25, 0.3) is 0 Å². The first kappa shape index (κ1) is 18.0. The van der Waals surface area contributed by atoms with Crippen LogP contribution in [0, 0.1) is 34.5 Å². The third kappa shape index (κ3) is 2.57. The van der Waals surface area contributed by atoms with Gasteiger partial charge in [0.2, 0.25) is 0 Å². The molecular weight excluding hydrogens is 308 g/mol. The van der Waals surface area contributed by atoms with Gasteiger partial charge in [-0.3, -0.25) is 0 Å². The highest BCUT2D eigenvalue weighted by atomic mass is 16.5. The summed E-state index contributed by atoms with van der Waals surface area (Å²) >= 11 is 0. The first-order chi connectivity index (χ1) is 11.9. The number of rotatable bonds is 2. The summed E-state index contributed by atoms with van der Waals surface area (Å²) in [7, 11) is 1.89. The van der Waals surface area contributed by atoms with Crippen molar-refractivity contribution in [2.24, 2.45) is 34.5 Å². The Morgan fingerprint density at radius 3 is 2.60 bits per heavy atom. The van der Waals surface area contributed by atoms with Gasteiger partial charge in [0.05, 0.1) is 12.2 Å². The molecule has 0 radical (unpaired) electrons. The Balaban J connectivity index is 1.66. The van der Waals surface area contributed by atoms with Gasteiger partial charge in [0.15, 0.2) is 0 Å². The number of aliphatic hydroxyl groups is 1. The number of allylic oxidation sites excluding steroid dienone is 2. The Bertz CT molecular complexity index is 550. The molecule has 0 saturated heterocycles. The normalized spacial score (nSPS) is 54.0. The van der Waals surface area contributed by atoms with E-state index >= 15 is 0 Å². The van der Waals surface area contributed by atoms with Gasteiger partial charge in [0.25, 0.3) is 0 Å². The molecule has 2 heteroatoms. The van der Waals surface area contributed by atoms with Gasteiger partial charge in [-0.1, -0.05) is 18.6 Å². The second kappa shape index (κ2) is 6.09. The Kier molecular flexibility index (Phi) is 4.40. The summed E-state index contributed by atoms with van der Waals surface area (Å²) in [5.74, 6) is 3.24. The molecule has 4 rings (SSSR count). The third-order valence-electron chi connectivity index (χ3n) is 9.26. The van der Waals surface area contributed by atoms with Gasteiger partial charge in [-0.15, -0.1) is 0 Å². The van der Waals surface area contributed by atoms with Crippen molar-refractivity contribution in [1.82, 2.24) is 0 Å². The van der Waals surface area contributed by atoms with Crippen LogP contribution in [0.1, 0.15) is 78.6 Å². The van der Waals surface area contributed by atoms with Crippen LogP contribution in [0.4, 0.5) is 0 Å².